The SMILES string of the molecule is C[C@@H]1CN2C=C(C(=O)C(F)(F)F)CC[C@@H]2N1. The average molecular weight is 234 g/mol. The van der Waals surface area contributed by atoms with Gasteiger partial charge in [-0.15, -0.1) is 0 Å². The number of ketones is 1. The lowest BCUT2D eigenvalue weighted by Gasteiger charge is -2.28. The standard InChI is InChI=1S/C10H13F3N2O/c1-6-4-15-5-7(2-3-8(15)14-6)9(16)10(11,12)13/h5-6,8,14H,2-4H2,1H3/t6-,8-/m1/s1. The van der Waals surface area contributed by atoms with E-state index in [9.17, 15) is 18.0 Å². The lowest BCUT2D eigenvalue weighted by molar-refractivity contribution is -0.166. The number of carbonyl (C=O) groups is 1. The van der Waals surface area contributed by atoms with Gasteiger partial charge in [-0.2, -0.15) is 13.2 Å². The topological polar surface area (TPSA) is 32.3 Å². The number of carbonyl (C=O) groups excluding carboxylic acids is 1. The van der Waals surface area contributed by atoms with Crippen LogP contribution in [0, 0.1) is 0 Å². The molecule has 1 fully saturated rings. The number of hydrogen-bond donors (Lipinski definition) is 1. The van der Waals surface area contributed by atoms with E-state index in [4.69, 9.17) is 0 Å². The molecule has 2 atom stereocenters. The fraction of sp³-hybridized carbons (Fsp3) is 0.700. The third kappa shape index (κ3) is 2.07. The third-order valence-corrected chi connectivity index (χ3v) is 2.92. The summed E-state index contributed by atoms with van der Waals surface area (Å²) in [5.74, 6) is -1.70. The van der Waals surface area contributed by atoms with Crippen LogP contribution < -0.4 is 5.32 Å². The highest BCUT2D eigenvalue weighted by Gasteiger charge is 2.42. The molecule has 1 saturated heterocycles. The molecule has 0 spiro atoms. The summed E-state index contributed by atoms with van der Waals surface area (Å²) in [5.41, 5.74) is -0.125. The van der Waals surface area contributed by atoms with Gasteiger partial charge in [-0.05, 0) is 19.8 Å². The third-order valence-electron chi connectivity index (χ3n) is 2.92. The summed E-state index contributed by atoms with van der Waals surface area (Å²) in [4.78, 5) is 12.8. The van der Waals surface area contributed by atoms with Gasteiger partial charge in [-0.25, -0.2) is 0 Å². The lowest BCUT2D eigenvalue weighted by atomic mass is 10.0. The molecular formula is C10H13F3N2O. The summed E-state index contributed by atoms with van der Waals surface area (Å²) >= 11 is 0. The second kappa shape index (κ2) is 3.76. The van der Waals surface area contributed by atoms with Gasteiger partial charge in [0.15, 0.2) is 0 Å². The van der Waals surface area contributed by atoms with Crippen molar-refractivity contribution in [3.8, 4) is 0 Å². The van der Waals surface area contributed by atoms with Crippen LogP contribution in [0.25, 0.3) is 0 Å². The Kier molecular flexibility index (Phi) is 2.69. The van der Waals surface area contributed by atoms with E-state index in [0.29, 0.717) is 13.0 Å². The van der Waals surface area contributed by atoms with Gasteiger partial charge in [0.1, 0.15) is 0 Å². The maximum absolute atomic E-state index is 12.2. The summed E-state index contributed by atoms with van der Waals surface area (Å²) in [5, 5.41) is 3.24. The Hall–Kier alpha value is -1.04. The molecule has 2 heterocycles. The van der Waals surface area contributed by atoms with E-state index in [1.54, 1.807) is 4.90 Å². The van der Waals surface area contributed by atoms with Gasteiger partial charge in [0.2, 0.25) is 0 Å². The summed E-state index contributed by atoms with van der Waals surface area (Å²) in [6.45, 7) is 2.62. The number of halogens is 3. The molecule has 6 heteroatoms. The first-order valence-corrected chi connectivity index (χ1v) is 5.22. The van der Waals surface area contributed by atoms with Crippen LogP contribution in [0.2, 0.25) is 0 Å². The van der Waals surface area contributed by atoms with Crippen LogP contribution in [0.15, 0.2) is 11.8 Å². The van der Waals surface area contributed by atoms with Crippen molar-refractivity contribution in [2.75, 3.05) is 6.54 Å². The molecule has 2 aliphatic heterocycles. The molecular weight excluding hydrogens is 221 g/mol. The second-order valence-corrected chi connectivity index (χ2v) is 4.30. The average Bonchev–Trinajstić information content (AvgIpc) is 2.54. The van der Waals surface area contributed by atoms with E-state index in [1.807, 2.05) is 6.92 Å². The fourth-order valence-corrected chi connectivity index (χ4v) is 2.22. The number of rotatable bonds is 1. The molecule has 0 bridgehead atoms. The Bertz CT molecular complexity index is 337. The quantitative estimate of drug-likeness (QED) is 0.744. The van der Waals surface area contributed by atoms with Crippen molar-refractivity contribution < 1.29 is 18.0 Å². The number of fused-ring (bicyclic) bond motifs is 1. The van der Waals surface area contributed by atoms with Gasteiger partial charge in [-0.3, -0.25) is 10.1 Å². The molecule has 0 unspecified atom stereocenters. The molecule has 0 saturated carbocycles. The van der Waals surface area contributed by atoms with Gasteiger partial charge in [0, 0.05) is 24.4 Å². The van der Waals surface area contributed by atoms with Gasteiger partial charge < -0.3 is 4.90 Å². The minimum absolute atomic E-state index is 0.0831. The first-order chi connectivity index (χ1) is 7.38. The Morgan fingerprint density at radius 1 is 1.56 bits per heavy atom. The first-order valence-electron chi connectivity index (χ1n) is 5.22. The predicted octanol–water partition coefficient (Wildman–Crippen LogP) is 1.42. The van der Waals surface area contributed by atoms with Crippen LogP contribution in [0.5, 0.6) is 0 Å². The smallest absolute Gasteiger partial charge is 0.360 e. The van der Waals surface area contributed by atoms with Crippen LogP contribution in [0.1, 0.15) is 19.8 Å². The van der Waals surface area contributed by atoms with Crippen LogP contribution in [0.3, 0.4) is 0 Å². The van der Waals surface area contributed by atoms with Crippen molar-refractivity contribution in [3.63, 3.8) is 0 Å². The molecule has 0 radical (unpaired) electrons. The summed E-state index contributed by atoms with van der Waals surface area (Å²) in [7, 11) is 0. The maximum atomic E-state index is 12.2. The van der Waals surface area contributed by atoms with Crippen LogP contribution in [-0.4, -0.2) is 35.6 Å². The molecule has 2 rings (SSSR count). The lowest BCUT2D eigenvalue weighted by Crippen LogP contribution is -2.38. The van der Waals surface area contributed by atoms with Crippen molar-refractivity contribution in [1.82, 2.24) is 10.2 Å². The van der Waals surface area contributed by atoms with Crippen molar-refractivity contribution >= 4 is 5.78 Å². The van der Waals surface area contributed by atoms with Crippen molar-refractivity contribution in [2.24, 2.45) is 0 Å². The van der Waals surface area contributed by atoms with Gasteiger partial charge in [0.25, 0.3) is 5.78 Å². The zero-order valence-electron chi connectivity index (χ0n) is 8.84. The largest absolute Gasteiger partial charge is 0.454 e. The van der Waals surface area contributed by atoms with Gasteiger partial charge >= 0.3 is 6.18 Å². The molecule has 90 valence electrons. The number of allylic oxidation sites excluding steroid dienone is 1. The number of nitrogens with one attached hydrogen (secondary N) is 1. The van der Waals surface area contributed by atoms with E-state index >= 15 is 0 Å². The normalized spacial score (nSPS) is 30.0. The minimum atomic E-state index is -4.75. The Morgan fingerprint density at radius 2 is 2.25 bits per heavy atom. The fourth-order valence-electron chi connectivity index (χ4n) is 2.22. The van der Waals surface area contributed by atoms with Crippen LogP contribution >= 0.6 is 0 Å². The van der Waals surface area contributed by atoms with Crippen LogP contribution in [0.4, 0.5) is 13.2 Å². The molecule has 1 N–H and O–H groups in total. The monoisotopic (exact) mass is 234 g/mol. The highest BCUT2D eigenvalue weighted by atomic mass is 19.4. The Balaban J connectivity index is 2.14. The van der Waals surface area contributed by atoms with E-state index in [0.717, 1.165) is 0 Å². The molecule has 0 aromatic rings. The first kappa shape index (κ1) is 11.4. The molecule has 0 aliphatic carbocycles. The van der Waals surface area contributed by atoms with Crippen molar-refractivity contribution in [1.29, 1.82) is 0 Å². The van der Waals surface area contributed by atoms with E-state index in [2.05, 4.69) is 5.32 Å². The zero-order chi connectivity index (χ0) is 11.9. The summed E-state index contributed by atoms with van der Waals surface area (Å²) < 4.78 is 36.7. The minimum Gasteiger partial charge on any atom is -0.360 e. The van der Waals surface area contributed by atoms with Gasteiger partial charge in [0.05, 0.1) is 6.17 Å². The molecule has 0 aromatic heterocycles. The highest BCUT2D eigenvalue weighted by molar-refractivity contribution is 5.99. The second-order valence-electron chi connectivity index (χ2n) is 4.30. The van der Waals surface area contributed by atoms with Crippen LogP contribution in [-0.2, 0) is 4.79 Å². The molecule has 0 amide bonds. The number of hydrogen-bond acceptors (Lipinski definition) is 3. The molecule has 0 aromatic carbocycles. The molecule has 2 aliphatic rings. The zero-order valence-corrected chi connectivity index (χ0v) is 8.84. The molecule has 16 heavy (non-hydrogen) atoms. The number of Topliss-reactive ketones (excluding diaryl/α,β-unsaturated/α-hetero) is 1. The predicted molar refractivity (Wildman–Crippen MR) is 51.5 cm³/mol. The summed E-state index contributed by atoms with van der Waals surface area (Å²) in [6.07, 6.45) is -2.56. The Labute approximate surface area is 91.3 Å². The van der Waals surface area contributed by atoms with Crippen molar-refractivity contribution in [3.05, 3.63) is 11.8 Å². The van der Waals surface area contributed by atoms with E-state index in [1.165, 1.54) is 6.20 Å². The van der Waals surface area contributed by atoms with E-state index in [-0.39, 0.29) is 24.2 Å². The number of alkyl halides is 3. The molecule has 3 nitrogen and oxygen atoms in total. The highest BCUT2D eigenvalue weighted by Crippen LogP contribution is 2.29. The van der Waals surface area contributed by atoms with E-state index < -0.39 is 12.0 Å². The van der Waals surface area contributed by atoms with Gasteiger partial charge in [-0.1, -0.05) is 0 Å². The maximum Gasteiger partial charge on any atom is 0.454 e. The Morgan fingerprint density at radius 3 is 2.88 bits per heavy atom. The summed E-state index contributed by atoms with van der Waals surface area (Å²) in [6, 6.07) is 0.251. The van der Waals surface area contributed by atoms with Crippen molar-refractivity contribution in [2.45, 2.75) is 38.1 Å². The number of nitrogens with zero attached hydrogens (tertiary/aromatic N) is 1.